The normalized spacial score (nSPS) is 11.0. The third-order valence-electron chi connectivity index (χ3n) is 5.95. The van der Waals surface area contributed by atoms with Gasteiger partial charge in [0.1, 0.15) is 28.0 Å². The van der Waals surface area contributed by atoms with Gasteiger partial charge in [-0.1, -0.05) is 44.4 Å². The van der Waals surface area contributed by atoms with Gasteiger partial charge >= 0.3 is 5.97 Å². The molecule has 0 unspecified atom stereocenters. The van der Waals surface area contributed by atoms with E-state index < -0.39 is 17.7 Å². The van der Waals surface area contributed by atoms with E-state index in [0.29, 0.717) is 34.8 Å². The first-order valence-electron chi connectivity index (χ1n) is 12.5. The summed E-state index contributed by atoms with van der Waals surface area (Å²) in [4.78, 5) is 26.5. The SMILES string of the molecule is CCCCCCOc1ccc(/C=C(\C#N)C(=O)Nc2sc(C)c(-c3ccc(F)cc3)c2C(=O)OC)cc1OC. The molecule has 3 aromatic rings. The van der Waals surface area contributed by atoms with Crippen LogP contribution < -0.4 is 14.8 Å². The van der Waals surface area contributed by atoms with Crippen LogP contribution in [0.2, 0.25) is 0 Å². The van der Waals surface area contributed by atoms with Gasteiger partial charge in [0.25, 0.3) is 5.91 Å². The van der Waals surface area contributed by atoms with E-state index >= 15 is 0 Å². The summed E-state index contributed by atoms with van der Waals surface area (Å²) in [5.74, 6) is -0.690. The molecular weight excluding hydrogens is 519 g/mol. The molecule has 1 amide bonds. The number of benzene rings is 2. The first-order chi connectivity index (χ1) is 18.8. The fourth-order valence-corrected chi connectivity index (χ4v) is 5.04. The molecule has 9 heteroatoms. The Morgan fingerprint density at radius 2 is 1.82 bits per heavy atom. The first kappa shape index (κ1) is 29.4. The number of aryl methyl sites for hydroxylation is 1. The monoisotopic (exact) mass is 550 g/mol. The molecule has 2 aromatic carbocycles. The molecular formula is C30H31FN2O5S. The summed E-state index contributed by atoms with van der Waals surface area (Å²) < 4.78 is 29.7. The highest BCUT2D eigenvalue weighted by Gasteiger charge is 2.26. The van der Waals surface area contributed by atoms with Crippen LogP contribution in [0.25, 0.3) is 17.2 Å². The molecule has 39 heavy (non-hydrogen) atoms. The van der Waals surface area contributed by atoms with Crippen molar-refractivity contribution in [3.63, 3.8) is 0 Å². The van der Waals surface area contributed by atoms with Gasteiger partial charge < -0.3 is 19.5 Å². The van der Waals surface area contributed by atoms with Crippen LogP contribution in [-0.2, 0) is 9.53 Å². The molecule has 1 N–H and O–H groups in total. The van der Waals surface area contributed by atoms with Crippen LogP contribution in [0.5, 0.6) is 11.5 Å². The van der Waals surface area contributed by atoms with Gasteiger partial charge in [0, 0.05) is 10.4 Å². The van der Waals surface area contributed by atoms with Gasteiger partial charge in [-0.15, -0.1) is 11.3 Å². The molecule has 0 saturated heterocycles. The number of nitriles is 1. The van der Waals surface area contributed by atoms with Gasteiger partial charge in [-0.2, -0.15) is 5.26 Å². The van der Waals surface area contributed by atoms with Crippen molar-refractivity contribution in [1.29, 1.82) is 5.26 Å². The van der Waals surface area contributed by atoms with Crippen molar-refractivity contribution in [2.45, 2.75) is 39.5 Å². The molecule has 0 fully saturated rings. The number of carbonyl (C=O) groups excluding carboxylic acids is 2. The van der Waals surface area contributed by atoms with Crippen molar-refractivity contribution < 1.29 is 28.2 Å². The molecule has 204 valence electrons. The lowest BCUT2D eigenvalue weighted by Crippen LogP contribution is -2.15. The van der Waals surface area contributed by atoms with Crippen molar-refractivity contribution in [2.75, 3.05) is 26.1 Å². The minimum absolute atomic E-state index is 0.138. The van der Waals surface area contributed by atoms with Gasteiger partial charge in [0.2, 0.25) is 0 Å². The number of hydrogen-bond acceptors (Lipinski definition) is 7. The number of nitrogens with one attached hydrogen (secondary N) is 1. The van der Waals surface area contributed by atoms with E-state index in [4.69, 9.17) is 14.2 Å². The van der Waals surface area contributed by atoms with Gasteiger partial charge in [-0.3, -0.25) is 4.79 Å². The topological polar surface area (TPSA) is 97.7 Å². The second-order valence-corrected chi connectivity index (χ2v) is 9.90. The summed E-state index contributed by atoms with van der Waals surface area (Å²) >= 11 is 1.17. The van der Waals surface area contributed by atoms with Gasteiger partial charge in [0.05, 0.1) is 20.8 Å². The fraction of sp³-hybridized carbons (Fsp3) is 0.300. The Morgan fingerprint density at radius 3 is 2.46 bits per heavy atom. The lowest BCUT2D eigenvalue weighted by Gasteiger charge is -2.11. The Bertz CT molecular complexity index is 1390. The average molecular weight is 551 g/mol. The third kappa shape index (κ3) is 7.45. The summed E-state index contributed by atoms with van der Waals surface area (Å²) in [6, 6.07) is 12.8. The van der Waals surface area contributed by atoms with Crippen LogP contribution in [0.4, 0.5) is 9.39 Å². The van der Waals surface area contributed by atoms with Crippen LogP contribution in [0.1, 0.15) is 53.4 Å². The number of unbranched alkanes of at least 4 members (excludes halogenated alkanes) is 3. The number of methoxy groups -OCH3 is 2. The van der Waals surface area contributed by atoms with Crippen molar-refractivity contribution in [2.24, 2.45) is 0 Å². The zero-order valence-electron chi connectivity index (χ0n) is 22.4. The number of hydrogen-bond donors (Lipinski definition) is 1. The molecule has 0 saturated carbocycles. The van der Waals surface area contributed by atoms with Crippen molar-refractivity contribution >= 4 is 34.3 Å². The third-order valence-corrected chi connectivity index (χ3v) is 6.97. The number of amides is 1. The van der Waals surface area contributed by atoms with Crippen LogP contribution >= 0.6 is 11.3 Å². The fourth-order valence-electron chi connectivity index (χ4n) is 3.98. The summed E-state index contributed by atoms with van der Waals surface area (Å²) in [6.07, 6.45) is 5.76. The van der Waals surface area contributed by atoms with Gasteiger partial charge in [0.15, 0.2) is 11.5 Å². The predicted octanol–water partition coefficient (Wildman–Crippen LogP) is 7.16. The number of nitrogens with zero attached hydrogens (tertiary/aromatic N) is 1. The minimum Gasteiger partial charge on any atom is -0.493 e. The van der Waals surface area contributed by atoms with E-state index in [9.17, 15) is 19.2 Å². The summed E-state index contributed by atoms with van der Waals surface area (Å²) in [7, 11) is 2.76. The minimum atomic E-state index is -0.690. The first-order valence-corrected chi connectivity index (χ1v) is 13.4. The van der Waals surface area contributed by atoms with Crippen molar-refractivity contribution in [3.05, 3.63) is 69.9 Å². The Balaban J connectivity index is 1.86. The van der Waals surface area contributed by atoms with Crippen molar-refractivity contribution in [3.8, 4) is 28.7 Å². The zero-order valence-corrected chi connectivity index (χ0v) is 23.2. The largest absolute Gasteiger partial charge is 0.493 e. The smallest absolute Gasteiger partial charge is 0.341 e. The number of halogens is 1. The van der Waals surface area contributed by atoms with Gasteiger partial charge in [-0.25, -0.2) is 9.18 Å². The zero-order chi connectivity index (χ0) is 28.4. The molecule has 0 spiro atoms. The highest BCUT2D eigenvalue weighted by Crippen LogP contribution is 2.40. The average Bonchev–Trinajstić information content (AvgIpc) is 3.26. The van der Waals surface area contributed by atoms with Crippen molar-refractivity contribution in [1.82, 2.24) is 0 Å². The molecule has 0 aliphatic carbocycles. The molecule has 1 heterocycles. The molecule has 0 bridgehead atoms. The standard InChI is InChI=1S/C30H31FN2O5S/c1-5-6-7-8-15-38-24-14-9-20(17-25(24)36-3)16-22(18-32)28(34)33-29-27(30(35)37-4)26(19(2)39-29)21-10-12-23(31)13-11-21/h9-14,16-17H,5-8,15H2,1-4H3,(H,33,34)/b22-16+. The van der Waals surface area contributed by atoms with E-state index in [2.05, 4.69) is 12.2 Å². The molecule has 0 atom stereocenters. The van der Waals surface area contributed by atoms with E-state index in [-0.39, 0.29) is 16.1 Å². The number of esters is 1. The van der Waals surface area contributed by atoms with E-state index in [0.717, 1.165) is 30.6 Å². The van der Waals surface area contributed by atoms with Crippen LogP contribution in [0, 0.1) is 24.1 Å². The van der Waals surface area contributed by atoms with Crippen LogP contribution in [-0.4, -0.2) is 32.7 Å². The predicted molar refractivity (Wildman–Crippen MR) is 151 cm³/mol. The number of ether oxygens (including phenoxy) is 3. The summed E-state index contributed by atoms with van der Waals surface area (Å²) in [6.45, 7) is 4.50. The summed E-state index contributed by atoms with van der Waals surface area (Å²) in [5.41, 5.74) is 1.66. The maximum absolute atomic E-state index is 13.5. The Morgan fingerprint density at radius 1 is 1.08 bits per heavy atom. The molecule has 7 nitrogen and oxygen atoms in total. The molecule has 0 radical (unpaired) electrons. The maximum atomic E-state index is 13.5. The Kier molecular flexibility index (Phi) is 10.6. The number of thiophene rings is 1. The number of anilines is 1. The second kappa shape index (κ2) is 14.1. The molecule has 3 rings (SSSR count). The highest BCUT2D eigenvalue weighted by atomic mass is 32.1. The Labute approximate surface area is 231 Å². The van der Waals surface area contributed by atoms with E-state index in [1.54, 1.807) is 37.3 Å². The maximum Gasteiger partial charge on any atom is 0.341 e. The highest BCUT2D eigenvalue weighted by molar-refractivity contribution is 7.17. The van der Waals surface area contributed by atoms with E-state index in [1.165, 1.54) is 43.8 Å². The molecule has 0 aliphatic rings. The van der Waals surface area contributed by atoms with Gasteiger partial charge in [-0.05, 0) is 54.8 Å². The summed E-state index contributed by atoms with van der Waals surface area (Å²) in [5, 5.41) is 12.6. The number of carbonyl (C=O) groups is 2. The molecule has 1 aromatic heterocycles. The lowest BCUT2D eigenvalue weighted by atomic mass is 10.0. The Hall–Kier alpha value is -4.16. The second-order valence-electron chi connectivity index (χ2n) is 8.68. The lowest BCUT2D eigenvalue weighted by molar-refractivity contribution is -0.112. The number of rotatable bonds is 12. The quantitative estimate of drug-likeness (QED) is 0.111. The van der Waals surface area contributed by atoms with Crippen LogP contribution in [0.15, 0.2) is 48.0 Å². The van der Waals surface area contributed by atoms with Crippen LogP contribution in [0.3, 0.4) is 0 Å². The molecule has 0 aliphatic heterocycles. The van der Waals surface area contributed by atoms with E-state index in [1.807, 2.05) is 6.07 Å².